The van der Waals surface area contributed by atoms with E-state index in [1.165, 1.54) is 30.8 Å². The largest absolute Gasteiger partial charge is 0.319 e. The Morgan fingerprint density at radius 3 is 2.38 bits per heavy atom. The molecule has 0 radical (unpaired) electrons. The zero-order valence-electron chi connectivity index (χ0n) is 9.65. The van der Waals surface area contributed by atoms with Gasteiger partial charge in [-0.25, -0.2) is 0 Å². The first-order chi connectivity index (χ1) is 6.18. The highest BCUT2D eigenvalue weighted by Gasteiger charge is 2.21. The fourth-order valence-corrected chi connectivity index (χ4v) is 2.72. The van der Waals surface area contributed by atoms with Crippen LogP contribution in [0.5, 0.6) is 0 Å². The zero-order valence-corrected chi connectivity index (χ0v) is 10.5. The van der Waals surface area contributed by atoms with Crippen molar-refractivity contribution in [2.75, 3.05) is 25.1 Å². The molecule has 0 amide bonds. The van der Waals surface area contributed by atoms with E-state index in [1.807, 2.05) is 0 Å². The maximum atomic E-state index is 3.31. The van der Waals surface area contributed by atoms with Gasteiger partial charge in [-0.2, -0.15) is 11.8 Å². The number of rotatable bonds is 8. The summed E-state index contributed by atoms with van der Waals surface area (Å²) in [5, 5.41) is 3.31. The Kier molecular flexibility index (Phi) is 7.87. The van der Waals surface area contributed by atoms with Crippen molar-refractivity contribution in [3.8, 4) is 0 Å². The van der Waals surface area contributed by atoms with Crippen molar-refractivity contribution in [3.63, 3.8) is 0 Å². The predicted octanol–water partition coefficient (Wildman–Crippen LogP) is 3.16. The van der Waals surface area contributed by atoms with Crippen molar-refractivity contribution in [3.05, 3.63) is 0 Å². The van der Waals surface area contributed by atoms with Gasteiger partial charge in [-0.3, -0.25) is 0 Å². The third kappa shape index (κ3) is 6.39. The van der Waals surface area contributed by atoms with Gasteiger partial charge in [0.1, 0.15) is 0 Å². The smallest absolute Gasteiger partial charge is 0.000245 e. The van der Waals surface area contributed by atoms with Gasteiger partial charge in [0.25, 0.3) is 0 Å². The molecule has 0 aromatic rings. The molecule has 1 N–H and O–H groups in total. The summed E-state index contributed by atoms with van der Waals surface area (Å²) >= 11 is 2.06. The molecule has 1 atom stereocenters. The fraction of sp³-hybridized carbons (Fsp3) is 1.00. The van der Waals surface area contributed by atoms with Gasteiger partial charge in [0.05, 0.1) is 0 Å². The lowest BCUT2D eigenvalue weighted by Gasteiger charge is -2.28. The summed E-state index contributed by atoms with van der Waals surface area (Å²) in [6, 6.07) is 0. The van der Waals surface area contributed by atoms with Gasteiger partial charge in [-0.05, 0) is 36.8 Å². The van der Waals surface area contributed by atoms with Crippen molar-refractivity contribution >= 4 is 11.8 Å². The minimum atomic E-state index is 0.520. The molecule has 2 heteroatoms. The third-order valence-corrected chi connectivity index (χ3v) is 3.41. The molecule has 0 saturated heterocycles. The first kappa shape index (κ1) is 13.3. The Bertz CT molecular complexity index is 109. The first-order valence-corrected chi connectivity index (χ1v) is 6.56. The molecule has 0 fully saturated rings. The van der Waals surface area contributed by atoms with E-state index in [9.17, 15) is 0 Å². The van der Waals surface area contributed by atoms with E-state index in [-0.39, 0.29) is 0 Å². The molecule has 80 valence electrons. The molecule has 0 aliphatic carbocycles. The second-order valence-corrected chi connectivity index (χ2v) is 5.43. The van der Waals surface area contributed by atoms with Gasteiger partial charge < -0.3 is 5.32 Å². The van der Waals surface area contributed by atoms with Crippen molar-refractivity contribution in [1.82, 2.24) is 5.32 Å². The minimum absolute atomic E-state index is 0.520. The average Bonchev–Trinajstić information content (AvgIpc) is 2.05. The van der Waals surface area contributed by atoms with Crippen LogP contribution in [-0.4, -0.2) is 25.1 Å². The van der Waals surface area contributed by atoms with Gasteiger partial charge in [0.15, 0.2) is 0 Å². The van der Waals surface area contributed by atoms with Crippen LogP contribution in [0.2, 0.25) is 0 Å². The highest BCUT2D eigenvalue weighted by Crippen LogP contribution is 2.28. The summed E-state index contributed by atoms with van der Waals surface area (Å²) in [7, 11) is 2.06. The molecular weight excluding hydrogens is 178 g/mol. The van der Waals surface area contributed by atoms with E-state index in [1.54, 1.807) is 0 Å². The normalized spacial score (nSPS) is 15.7. The minimum Gasteiger partial charge on any atom is -0.319 e. The van der Waals surface area contributed by atoms with Crippen LogP contribution in [0.3, 0.4) is 0 Å². The van der Waals surface area contributed by atoms with Gasteiger partial charge in [-0.1, -0.05) is 27.2 Å². The molecule has 0 aliphatic heterocycles. The fourth-order valence-electron chi connectivity index (χ4n) is 1.80. The van der Waals surface area contributed by atoms with Crippen molar-refractivity contribution in [2.45, 2.75) is 40.0 Å². The van der Waals surface area contributed by atoms with Crippen LogP contribution in [0, 0.1) is 5.41 Å². The summed E-state index contributed by atoms with van der Waals surface area (Å²) in [6.45, 7) is 8.08. The summed E-state index contributed by atoms with van der Waals surface area (Å²) in [6.07, 6.45) is 3.99. The maximum Gasteiger partial charge on any atom is 0.000245 e. The molecule has 0 rings (SSSR count). The molecule has 0 aliphatic rings. The first-order valence-electron chi connectivity index (χ1n) is 5.41. The number of thioether (sulfide) groups is 1. The van der Waals surface area contributed by atoms with Crippen LogP contribution in [0.4, 0.5) is 0 Å². The van der Waals surface area contributed by atoms with Gasteiger partial charge >= 0.3 is 0 Å². The Morgan fingerprint density at radius 2 is 1.92 bits per heavy atom. The van der Waals surface area contributed by atoms with Crippen molar-refractivity contribution in [2.24, 2.45) is 5.41 Å². The van der Waals surface area contributed by atoms with Gasteiger partial charge in [0.2, 0.25) is 0 Å². The summed E-state index contributed by atoms with van der Waals surface area (Å²) in [5.74, 6) is 2.57. The zero-order chi connectivity index (χ0) is 10.2. The lowest BCUT2D eigenvalue weighted by Crippen LogP contribution is -2.30. The van der Waals surface area contributed by atoms with Crippen LogP contribution >= 0.6 is 11.8 Å². The Morgan fingerprint density at radius 1 is 1.23 bits per heavy atom. The topological polar surface area (TPSA) is 12.0 Å². The molecule has 13 heavy (non-hydrogen) atoms. The summed E-state index contributed by atoms with van der Waals surface area (Å²) in [4.78, 5) is 0. The van der Waals surface area contributed by atoms with E-state index in [0.717, 1.165) is 6.54 Å². The SMILES string of the molecule is CCCC(C)(CCSCC)CNC. The Hall–Kier alpha value is 0.310. The van der Waals surface area contributed by atoms with E-state index >= 15 is 0 Å². The number of hydrogen-bond acceptors (Lipinski definition) is 2. The average molecular weight is 203 g/mol. The van der Waals surface area contributed by atoms with Crippen LogP contribution in [0.15, 0.2) is 0 Å². The molecule has 0 aromatic carbocycles. The van der Waals surface area contributed by atoms with Gasteiger partial charge in [0, 0.05) is 6.54 Å². The van der Waals surface area contributed by atoms with Crippen molar-refractivity contribution < 1.29 is 0 Å². The maximum absolute atomic E-state index is 3.31. The standard InChI is InChI=1S/C11H25NS/c1-5-7-11(3,10-12-4)8-9-13-6-2/h12H,5-10H2,1-4H3. The lowest BCUT2D eigenvalue weighted by molar-refractivity contribution is 0.276. The Balaban J connectivity index is 3.76. The second-order valence-electron chi connectivity index (χ2n) is 4.04. The molecule has 1 nitrogen and oxygen atoms in total. The molecule has 0 heterocycles. The van der Waals surface area contributed by atoms with Crippen LogP contribution in [0.1, 0.15) is 40.0 Å². The van der Waals surface area contributed by atoms with Gasteiger partial charge in [-0.15, -0.1) is 0 Å². The summed E-state index contributed by atoms with van der Waals surface area (Å²) in [5.41, 5.74) is 0.520. The van der Waals surface area contributed by atoms with E-state index in [4.69, 9.17) is 0 Å². The summed E-state index contributed by atoms with van der Waals surface area (Å²) < 4.78 is 0. The Labute approximate surface area is 88.1 Å². The second kappa shape index (κ2) is 7.69. The van der Waals surface area contributed by atoms with Crippen LogP contribution in [-0.2, 0) is 0 Å². The molecule has 0 spiro atoms. The highest BCUT2D eigenvalue weighted by molar-refractivity contribution is 7.99. The lowest BCUT2D eigenvalue weighted by atomic mass is 9.83. The van der Waals surface area contributed by atoms with Crippen LogP contribution in [0.25, 0.3) is 0 Å². The predicted molar refractivity (Wildman–Crippen MR) is 64.6 cm³/mol. The van der Waals surface area contributed by atoms with E-state index in [2.05, 4.69) is 44.9 Å². The molecule has 0 bridgehead atoms. The number of nitrogens with one attached hydrogen (secondary N) is 1. The molecular formula is C11H25NS. The number of hydrogen-bond donors (Lipinski definition) is 1. The highest BCUT2D eigenvalue weighted by atomic mass is 32.2. The quantitative estimate of drug-likeness (QED) is 0.608. The molecule has 0 saturated carbocycles. The van der Waals surface area contributed by atoms with Crippen molar-refractivity contribution in [1.29, 1.82) is 0 Å². The van der Waals surface area contributed by atoms with E-state index < -0.39 is 0 Å². The molecule has 1 unspecified atom stereocenters. The monoisotopic (exact) mass is 203 g/mol. The van der Waals surface area contributed by atoms with Crippen LogP contribution < -0.4 is 5.32 Å². The molecule has 0 aromatic heterocycles. The van der Waals surface area contributed by atoms with E-state index in [0.29, 0.717) is 5.41 Å². The third-order valence-electron chi connectivity index (χ3n) is 2.51.